The molecule has 0 saturated carbocycles. The van der Waals surface area contributed by atoms with Gasteiger partial charge in [-0.2, -0.15) is 0 Å². The minimum atomic E-state index is -0.332. The van der Waals surface area contributed by atoms with E-state index in [1.807, 2.05) is 18.2 Å². The number of aromatic hydroxyl groups is 1. The van der Waals surface area contributed by atoms with E-state index < -0.39 is 0 Å². The Labute approximate surface area is 122 Å². The van der Waals surface area contributed by atoms with Crippen LogP contribution in [0.15, 0.2) is 30.5 Å². The predicted octanol–water partition coefficient (Wildman–Crippen LogP) is 2.76. The van der Waals surface area contributed by atoms with Crippen LogP contribution in [0, 0.1) is 5.92 Å². The second kappa shape index (κ2) is 5.68. The van der Waals surface area contributed by atoms with E-state index in [1.165, 1.54) is 0 Å². The number of fused-ring (bicyclic) bond motifs is 1. The van der Waals surface area contributed by atoms with Gasteiger partial charge in [0, 0.05) is 30.1 Å². The van der Waals surface area contributed by atoms with E-state index >= 15 is 0 Å². The Morgan fingerprint density at radius 3 is 2.76 bits per heavy atom. The summed E-state index contributed by atoms with van der Waals surface area (Å²) in [5.74, 6) is -0.312. The highest BCUT2D eigenvalue weighted by molar-refractivity contribution is 6.01. The first-order valence-electron chi connectivity index (χ1n) is 7.12. The van der Waals surface area contributed by atoms with Gasteiger partial charge in [-0.25, -0.2) is 4.98 Å². The molecule has 21 heavy (non-hydrogen) atoms. The number of likely N-dealkylation sites (tertiary alicyclic amines) is 1. The molecule has 0 atom stereocenters. The zero-order chi connectivity index (χ0) is 14.8. The maximum Gasteiger partial charge on any atom is 0.276 e. The Morgan fingerprint density at radius 2 is 2.05 bits per heavy atom. The van der Waals surface area contributed by atoms with Crippen molar-refractivity contribution in [2.75, 3.05) is 19.8 Å². The maximum atomic E-state index is 12.6. The van der Waals surface area contributed by atoms with Crippen LogP contribution in [0.2, 0.25) is 0 Å². The minimum absolute atomic E-state index is 0.0483. The highest BCUT2D eigenvalue weighted by Gasteiger charge is 2.26. The molecule has 0 aliphatic carbocycles. The molecule has 1 amide bonds. The maximum absolute atomic E-state index is 12.6. The smallest absolute Gasteiger partial charge is 0.276 e. The van der Waals surface area contributed by atoms with Crippen molar-refractivity contribution in [2.45, 2.75) is 12.8 Å². The Bertz CT molecular complexity index is 666. The molecule has 1 saturated heterocycles. The van der Waals surface area contributed by atoms with Gasteiger partial charge in [-0.1, -0.05) is 24.3 Å². The molecule has 1 N–H and O–H groups in total. The van der Waals surface area contributed by atoms with Crippen molar-refractivity contribution in [3.05, 3.63) is 36.2 Å². The normalized spacial score (nSPS) is 16.3. The first-order valence-corrected chi connectivity index (χ1v) is 7.12. The van der Waals surface area contributed by atoms with E-state index in [0.717, 1.165) is 5.39 Å². The van der Waals surface area contributed by atoms with Crippen molar-refractivity contribution in [3.8, 4) is 5.75 Å². The number of alkyl halides is 1. The summed E-state index contributed by atoms with van der Waals surface area (Å²) >= 11 is 0. The molecule has 1 aliphatic heterocycles. The topological polar surface area (TPSA) is 53.4 Å². The summed E-state index contributed by atoms with van der Waals surface area (Å²) in [6, 6.07) is 7.26. The number of carbonyl (C=O) groups excluding carboxylic acids is 1. The number of aromatic nitrogens is 1. The van der Waals surface area contributed by atoms with Crippen LogP contribution < -0.4 is 0 Å². The zero-order valence-electron chi connectivity index (χ0n) is 11.6. The number of rotatable bonds is 2. The van der Waals surface area contributed by atoms with Crippen molar-refractivity contribution in [3.63, 3.8) is 0 Å². The fourth-order valence-corrected chi connectivity index (χ4v) is 2.74. The molecule has 1 fully saturated rings. The number of halogens is 1. The van der Waals surface area contributed by atoms with Crippen molar-refractivity contribution < 1.29 is 14.3 Å². The van der Waals surface area contributed by atoms with Gasteiger partial charge in [0.2, 0.25) is 0 Å². The van der Waals surface area contributed by atoms with Gasteiger partial charge in [0.15, 0.2) is 11.4 Å². The number of benzene rings is 1. The number of pyridine rings is 1. The number of hydrogen-bond donors (Lipinski definition) is 1. The number of nitrogens with zero attached hydrogens (tertiary/aromatic N) is 2. The van der Waals surface area contributed by atoms with Gasteiger partial charge in [-0.3, -0.25) is 9.18 Å². The van der Waals surface area contributed by atoms with Crippen LogP contribution in [-0.2, 0) is 0 Å². The molecule has 110 valence electrons. The van der Waals surface area contributed by atoms with Gasteiger partial charge in [-0.15, -0.1) is 0 Å². The first kappa shape index (κ1) is 13.8. The Morgan fingerprint density at radius 1 is 1.33 bits per heavy atom. The van der Waals surface area contributed by atoms with Gasteiger partial charge in [0.25, 0.3) is 5.91 Å². The highest BCUT2D eigenvalue weighted by Crippen LogP contribution is 2.28. The van der Waals surface area contributed by atoms with Crippen molar-refractivity contribution in [1.82, 2.24) is 9.88 Å². The summed E-state index contributed by atoms with van der Waals surface area (Å²) in [6.45, 7) is 0.699. The standard InChI is InChI=1S/C16H17FN2O2/c17-9-11-5-7-19(8-6-11)16(21)14-15(20)13-4-2-1-3-12(13)10-18-14/h1-4,10-11,20H,5-9H2. The summed E-state index contributed by atoms with van der Waals surface area (Å²) < 4.78 is 12.6. The lowest BCUT2D eigenvalue weighted by Gasteiger charge is -2.30. The predicted molar refractivity (Wildman–Crippen MR) is 78.0 cm³/mol. The molecule has 1 aliphatic rings. The SMILES string of the molecule is O=C(c1ncc2ccccc2c1O)N1CCC(CF)CC1. The average Bonchev–Trinajstić information content (AvgIpc) is 2.55. The van der Waals surface area contributed by atoms with E-state index in [2.05, 4.69) is 4.98 Å². The molecule has 2 aromatic rings. The van der Waals surface area contributed by atoms with Crippen molar-refractivity contribution in [2.24, 2.45) is 5.92 Å². The van der Waals surface area contributed by atoms with Crippen LogP contribution in [-0.4, -0.2) is 40.7 Å². The number of amides is 1. The molecular formula is C16H17FN2O2. The number of carbonyl (C=O) groups is 1. The van der Waals surface area contributed by atoms with Crippen molar-refractivity contribution >= 4 is 16.7 Å². The third-order valence-electron chi connectivity index (χ3n) is 4.10. The zero-order valence-corrected chi connectivity index (χ0v) is 11.6. The Balaban J connectivity index is 1.87. The lowest BCUT2D eigenvalue weighted by atomic mass is 9.98. The van der Waals surface area contributed by atoms with E-state index in [0.29, 0.717) is 31.3 Å². The second-order valence-electron chi connectivity index (χ2n) is 5.43. The van der Waals surface area contributed by atoms with Crippen LogP contribution >= 0.6 is 0 Å². The van der Waals surface area contributed by atoms with Gasteiger partial charge >= 0.3 is 0 Å². The summed E-state index contributed by atoms with van der Waals surface area (Å²) in [5.41, 5.74) is 0.0763. The molecule has 5 heteroatoms. The third-order valence-corrected chi connectivity index (χ3v) is 4.10. The van der Waals surface area contributed by atoms with Crippen LogP contribution in [0.4, 0.5) is 4.39 Å². The molecule has 1 aromatic heterocycles. The van der Waals surface area contributed by atoms with Gasteiger partial charge in [0.05, 0.1) is 6.67 Å². The summed E-state index contributed by atoms with van der Waals surface area (Å²) in [7, 11) is 0. The molecule has 1 aromatic carbocycles. The lowest BCUT2D eigenvalue weighted by molar-refractivity contribution is 0.0669. The van der Waals surface area contributed by atoms with Crippen LogP contribution in [0.25, 0.3) is 10.8 Å². The Hall–Kier alpha value is -2.17. The fraction of sp³-hybridized carbons (Fsp3) is 0.375. The molecule has 4 nitrogen and oxygen atoms in total. The largest absolute Gasteiger partial charge is 0.505 e. The monoisotopic (exact) mass is 288 g/mol. The molecule has 2 heterocycles. The molecule has 3 rings (SSSR count). The van der Waals surface area contributed by atoms with Crippen LogP contribution in [0.1, 0.15) is 23.3 Å². The average molecular weight is 288 g/mol. The molecule has 0 spiro atoms. The lowest BCUT2D eigenvalue weighted by Crippen LogP contribution is -2.39. The summed E-state index contributed by atoms with van der Waals surface area (Å²) in [4.78, 5) is 18.2. The molecular weight excluding hydrogens is 271 g/mol. The molecule has 0 bridgehead atoms. The van der Waals surface area contributed by atoms with Gasteiger partial charge in [0.1, 0.15) is 0 Å². The number of hydrogen-bond acceptors (Lipinski definition) is 3. The van der Waals surface area contributed by atoms with Crippen LogP contribution in [0.3, 0.4) is 0 Å². The van der Waals surface area contributed by atoms with Crippen LogP contribution in [0.5, 0.6) is 5.75 Å². The third kappa shape index (κ3) is 2.55. The van der Waals surface area contributed by atoms with E-state index in [1.54, 1.807) is 17.2 Å². The fourth-order valence-electron chi connectivity index (χ4n) is 2.74. The van der Waals surface area contributed by atoms with E-state index in [4.69, 9.17) is 0 Å². The molecule has 0 unspecified atom stereocenters. The Kier molecular flexibility index (Phi) is 3.73. The molecule has 0 radical (unpaired) electrons. The first-order chi connectivity index (χ1) is 10.2. The summed E-state index contributed by atoms with van der Waals surface area (Å²) in [6.07, 6.45) is 2.92. The second-order valence-corrected chi connectivity index (χ2v) is 5.43. The van der Waals surface area contributed by atoms with E-state index in [-0.39, 0.29) is 29.9 Å². The van der Waals surface area contributed by atoms with Gasteiger partial charge in [-0.05, 0) is 18.8 Å². The highest BCUT2D eigenvalue weighted by atomic mass is 19.1. The van der Waals surface area contributed by atoms with Crippen molar-refractivity contribution in [1.29, 1.82) is 0 Å². The van der Waals surface area contributed by atoms with Gasteiger partial charge < -0.3 is 10.0 Å². The minimum Gasteiger partial charge on any atom is -0.505 e. The number of piperidine rings is 1. The van der Waals surface area contributed by atoms with E-state index in [9.17, 15) is 14.3 Å². The summed E-state index contributed by atoms with van der Waals surface area (Å²) in [5, 5.41) is 11.7. The quantitative estimate of drug-likeness (QED) is 0.924.